The summed E-state index contributed by atoms with van der Waals surface area (Å²) in [6, 6.07) is 18.2. The Kier molecular flexibility index (Phi) is 6.30. The lowest BCUT2D eigenvalue weighted by Gasteiger charge is -2.07. The number of carbonyl (C=O) groups excluding carboxylic acids is 1. The molecule has 0 aliphatic carbocycles. The van der Waals surface area contributed by atoms with Gasteiger partial charge in [-0.15, -0.1) is 0 Å². The second kappa shape index (κ2) is 8.88. The molecule has 0 fully saturated rings. The van der Waals surface area contributed by atoms with Crippen molar-refractivity contribution in [2.45, 2.75) is 13.1 Å². The van der Waals surface area contributed by atoms with E-state index < -0.39 is 5.91 Å². The molecule has 0 radical (unpaired) electrons. The SMILES string of the molecule is N#C/C(=C/NCc1cccc(CN)c1)C(=O)Nc1ccccc1C#N. The summed E-state index contributed by atoms with van der Waals surface area (Å²) in [4.78, 5) is 12.2. The van der Waals surface area contributed by atoms with E-state index in [0.29, 0.717) is 24.3 Å². The van der Waals surface area contributed by atoms with Gasteiger partial charge in [-0.1, -0.05) is 36.4 Å². The Hall–Kier alpha value is -3.61. The molecule has 0 spiro atoms. The number of amides is 1. The summed E-state index contributed by atoms with van der Waals surface area (Å²) in [7, 11) is 0. The van der Waals surface area contributed by atoms with Gasteiger partial charge < -0.3 is 16.4 Å². The van der Waals surface area contributed by atoms with Gasteiger partial charge in [0.25, 0.3) is 5.91 Å². The highest BCUT2D eigenvalue weighted by molar-refractivity contribution is 6.07. The summed E-state index contributed by atoms with van der Waals surface area (Å²) in [5.41, 5.74) is 8.22. The Morgan fingerprint density at radius 2 is 1.88 bits per heavy atom. The molecule has 2 rings (SSSR count). The Labute approximate surface area is 146 Å². The fraction of sp³-hybridized carbons (Fsp3) is 0.105. The zero-order chi connectivity index (χ0) is 18.1. The Bertz CT molecular complexity index is 874. The van der Waals surface area contributed by atoms with Crippen LogP contribution >= 0.6 is 0 Å². The predicted octanol–water partition coefficient (Wildman–Crippen LogP) is 2.15. The Morgan fingerprint density at radius 1 is 1.12 bits per heavy atom. The van der Waals surface area contributed by atoms with E-state index in [4.69, 9.17) is 11.0 Å². The van der Waals surface area contributed by atoms with Gasteiger partial charge >= 0.3 is 0 Å². The first kappa shape index (κ1) is 17.7. The molecule has 0 atom stereocenters. The number of benzene rings is 2. The number of hydrogen-bond acceptors (Lipinski definition) is 5. The maximum absolute atomic E-state index is 12.2. The molecule has 0 aromatic heterocycles. The zero-order valence-corrected chi connectivity index (χ0v) is 13.5. The second-order valence-electron chi connectivity index (χ2n) is 5.19. The number of anilines is 1. The highest BCUT2D eigenvalue weighted by Crippen LogP contribution is 2.14. The molecule has 0 unspecified atom stereocenters. The molecule has 1 amide bonds. The summed E-state index contributed by atoms with van der Waals surface area (Å²) in [6.07, 6.45) is 1.36. The number of nitriles is 2. The van der Waals surface area contributed by atoms with Crippen molar-refractivity contribution < 1.29 is 4.79 Å². The van der Waals surface area contributed by atoms with Crippen LogP contribution in [0.1, 0.15) is 16.7 Å². The van der Waals surface area contributed by atoms with Gasteiger partial charge in [0.1, 0.15) is 17.7 Å². The van der Waals surface area contributed by atoms with Crippen molar-refractivity contribution in [1.29, 1.82) is 10.5 Å². The van der Waals surface area contributed by atoms with Crippen LogP contribution in [-0.4, -0.2) is 5.91 Å². The average molecular weight is 331 g/mol. The molecular weight excluding hydrogens is 314 g/mol. The minimum Gasteiger partial charge on any atom is -0.386 e. The van der Waals surface area contributed by atoms with E-state index >= 15 is 0 Å². The molecular formula is C19H17N5O. The molecule has 124 valence electrons. The molecule has 25 heavy (non-hydrogen) atoms. The fourth-order valence-corrected chi connectivity index (χ4v) is 2.17. The number of nitrogens with zero attached hydrogens (tertiary/aromatic N) is 2. The quantitative estimate of drug-likeness (QED) is 0.554. The van der Waals surface area contributed by atoms with Crippen LogP contribution in [0.3, 0.4) is 0 Å². The number of nitrogens with one attached hydrogen (secondary N) is 2. The van der Waals surface area contributed by atoms with E-state index in [2.05, 4.69) is 10.6 Å². The molecule has 6 heteroatoms. The number of nitrogens with two attached hydrogens (primary N) is 1. The maximum atomic E-state index is 12.2. The van der Waals surface area contributed by atoms with E-state index in [9.17, 15) is 10.1 Å². The van der Waals surface area contributed by atoms with Gasteiger partial charge in [0.05, 0.1) is 11.3 Å². The third-order valence-electron chi connectivity index (χ3n) is 3.44. The normalized spacial score (nSPS) is 10.4. The van der Waals surface area contributed by atoms with Crippen LogP contribution in [-0.2, 0) is 17.9 Å². The first-order valence-electron chi connectivity index (χ1n) is 7.60. The Balaban J connectivity index is 2.03. The van der Waals surface area contributed by atoms with Crippen molar-refractivity contribution in [2.75, 3.05) is 5.32 Å². The molecule has 0 bridgehead atoms. The van der Waals surface area contributed by atoms with Gasteiger partial charge in [0.15, 0.2) is 0 Å². The van der Waals surface area contributed by atoms with Gasteiger partial charge in [0.2, 0.25) is 0 Å². The fourth-order valence-electron chi connectivity index (χ4n) is 2.17. The van der Waals surface area contributed by atoms with Crippen molar-refractivity contribution in [2.24, 2.45) is 5.73 Å². The lowest BCUT2D eigenvalue weighted by atomic mass is 10.1. The predicted molar refractivity (Wildman–Crippen MR) is 94.7 cm³/mol. The molecule has 2 aromatic rings. The third-order valence-corrected chi connectivity index (χ3v) is 3.44. The Morgan fingerprint density at radius 3 is 2.60 bits per heavy atom. The summed E-state index contributed by atoms with van der Waals surface area (Å²) in [5, 5.41) is 23.7. The van der Waals surface area contributed by atoms with Gasteiger partial charge in [-0.05, 0) is 23.3 Å². The van der Waals surface area contributed by atoms with Crippen LogP contribution in [0.4, 0.5) is 5.69 Å². The lowest BCUT2D eigenvalue weighted by molar-refractivity contribution is -0.112. The van der Waals surface area contributed by atoms with Gasteiger partial charge in [-0.2, -0.15) is 10.5 Å². The molecule has 4 N–H and O–H groups in total. The van der Waals surface area contributed by atoms with Gasteiger partial charge in [-0.3, -0.25) is 4.79 Å². The van der Waals surface area contributed by atoms with Gasteiger partial charge in [-0.25, -0.2) is 0 Å². The first-order chi connectivity index (χ1) is 12.2. The second-order valence-corrected chi connectivity index (χ2v) is 5.19. The summed E-state index contributed by atoms with van der Waals surface area (Å²) in [5.74, 6) is -0.576. The first-order valence-corrected chi connectivity index (χ1v) is 7.60. The maximum Gasteiger partial charge on any atom is 0.267 e. The largest absolute Gasteiger partial charge is 0.386 e. The lowest BCUT2D eigenvalue weighted by Crippen LogP contribution is -2.17. The number of para-hydroxylation sites is 1. The highest BCUT2D eigenvalue weighted by atomic mass is 16.1. The molecule has 0 aliphatic heterocycles. The summed E-state index contributed by atoms with van der Waals surface area (Å²) >= 11 is 0. The number of carbonyl (C=O) groups is 1. The van der Waals surface area contributed by atoms with E-state index in [1.165, 1.54) is 6.20 Å². The molecule has 6 nitrogen and oxygen atoms in total. The van der Waals surface area contributed by atoms with Crippen molar-refractivity contribution in [1.82, 2.24) is 5.32 Å². The van der Waals surface area contributed by atoms with Crippen LogP contribution in [0.25, 0.3) is 0 Å². The van der Waals surface area contributed by atoms with Crippen LogP contribution in [0.2, 0.25) is 0 Å². The third kappa shape index (κ3) is 4.93. The smallest absolute Gasteiger partial charge is 0.267 e. The standard InChI is InChI=1S/C19H17N5O/c20-9-14-4-3-5-15(8-14)12-23-13-17(11-22)19(25)24-18-7-2-1-6-16(18)10-21/h1-8,13,23H,9,12,20H2,(H,24,25)/b17-13-. The van der Waals surface area contributed by atoms with Crippen molar-refractivity contribution >= 4 is 11.6 Å². The molecule has 0 heterocycles. The average Bonchev–Trinajstić information content (AvgIpc) is 2.65. The molecule has 2 aromatic carbocycles. The molecule has 0 saturated heterocycles. The summed E-state index contributed by atoms with van der Waals surface area (Å²) < 4.78 is 0. The van der Waals surface area contributed by atoms with E-state index in [-0.39, 0.29) is 5.57 Å². The zero-order valence-electron chi connectivity index (χ0n) is 13.5. The number of rotatable bonds is 6. The van der Waals surface area contributed by atoms with Crippen molar-refractivity contribution in [3.05, 3.63) is 77.0 Å². The van der Waals surface area contributed by atoms with Crippen molar-refractivity contribution in [3.8, 4) is 12.1 Å². The van der Waals surface area contributed by atoms with E-state index in [0.717, 1.165) is 11.1 Å². The van der Waals surface area contributed by atoms with Crippen LogP contribution in [0, 0.1) is 22.7 Å². The van der Waals surface area contributed by atoms with E-state index in [1.807, 2.05) is 36.4 Å². The van der Waals surface area contributed by atoms with Gasteiger partial charge in [0, 0.05) is 19.3 Å². The van der Waals surface area contributed by atoms with Crippen LogP contribution in [0.15, 0.2) is 60.3 Å². The van der Waals surface area contributed by atoms with Crippen molar-refractivity contribution in [3.63, 3.8) is 0 Å². The summed E-state index contributed by atoms with van der Waals surface area (Å²) in [6.45, 7) is 0.912. The highest BCUT2D eigenvalue weighted by Gasteiger charge is 2.11. The molecule has 0 saturated carbocycles. The van der Waals surface area contributed by atoms with Crippen LogP contribution in [0.5, 0.6) is 0 Å². The number of hydrogen-bond donors (Lipinski definition) is 3. The monoisotopic (exact) mass is 331 g/mol. The van der Waals surface area contributed by atoms with Crippen LogP contribution < -0.4 is 16.4 Å². The minimum atomic E-state index is -0.576. The minimum absolute atomic E-state index is 0.0808. The topological polar surface area (TPSA) is 115 Å². The molecule has 0 aliphatic rings. The van der Waals surface area contributed by atoms with E-state index in [1.54, 1.807) is 24.3 Å².